The minimum Gasteiger partial charge on any atom is -0.482 e. The summed E-state index contributed by atoms with van der Waals surface area (Å²) in [5.74, 6) is -0.808. The van der Waals surface area contributed by atoms with Crippen molar-refractivity contribution in [3.63, 3.8) is 0 Å². The molecule has 10 heteroatoms. The molecule has 0 heterocycles. The predicted octanol–water partition coefficient (Wildman–Crippen LogP) is 1.77. The highest BCUT2D eigenvalue weighted by atomic mass is 35.5. The van der Waals surface area contributed by atoms with Crippen LogP contribution in [-0.4, -0.2) is 39.2 Å². The van der Waals surface area contributed by atoms with Crippen molar-refractivity contribution in [1.82, 2.24) is 5.32 Å². The minimum atomic E-state index is -3.93. The van der Waals surface area contributed by atoms with Crippen molar-refractivity contribution in [1.29, 1.82) is 0 Å². The minimum absolute atomic E-state index is 0.00180. The highest BCUT2D eigenvalue weighted by Crippen LogP contribution is 2.28. The van der Waals surface area contributed by atoms with Gasteiger partial charge in [0.15, 0.2) is 6.61 Å². The third-order valence-electron chi connectivity index (χ3n) is 3.10. The lowest BCUT2D eigenvalue weighted by Gasteiger charge is -2.11. The first-order valence-corrected chi connectivity index (χ1v) is 9.26. The topological polar surface area (TPSA) is 105 Å². The van der Waals surface area contributed by atoms with Gasteiger partial charge in [0.05, 0.1) is 16.5 Å². The molecule has 0 aliphatic rings. The number of carbonyl (C=O) groups is 1. The Hall–Kier alpha value is -2.36. The van der Waals surface area contributed by atoms with Crippen LogP contribution < -0.4 is 14.8 Å². The summed E-state index contributed by atoms with van der Waals surface area (Å²) in [4.78, 5) is 11.3. The number of benzene rings is 2. The number of carbonyl (C=O) groups excluding carboxylic acids is 1. The Morgan fingerprint density at radius 1 is 1.19 bits per heavy atom. The van der Waals surface area contributed by atoms with Gasteiger partial charge in [-0.05, 0) is 42.5 Å². The van der Waals surface area contributed by atoms with E-state index in [1.807, 2.05) is 0 Å². The van der Waals surface area contributed by atoms with E-state index in [2.05, 4.69) is 10.0 Å². The summed E-state index contributed by atoms with van der Waals surface area (Å²) in [6, 6.07) is 8.59. The molecule has 2 rings (SSSR count). The van der Waals surface area contributed by atoms with Gasteiger partial charge in [-0.3, -0.25) is 9.52 Å². The van der Waals surface area contributed by atoms with Gasteiger partial charge in [0.1, 0.15) is 11.6 Å². The van der Waals surface area contributed by atoms with Crippen LogP contribution in [0.1, 0.15) is 0 Å². The van der Waals surface area contributed by atoms with Crippen LogP contribution >= 0.6 is 11.6 Å². The fraction of sp³-hybridized carbons (Fsp3) is 0.188. The Morgan fingerprint density at radius 3 is 2.50 bits per heavy atom. The van der Waals surface area contributed by atoms with Crippen molar-refractivity contribution in [2.24, 2.45) is 0 Å². The van der Waals surface area contributed by atoms with Crippen molar-refractivity contribution in [3.05, 3.63) is 53.3 Å². The summed E-state index contributed by atoms with van der Waals surface area (Å²) in [6.07, 6.45) is 0. The normalized spacial score (nSPS) is 11.0. The Balaban J connectivity index is 2.07. The molecule has 0 saturated carbocycles. The molecule has 0 saturated heterocycles. The number of nitrogens with one attached hydrogen (secondary N) is 2. The molecule has 0 unspecified atom stereocenters. The van der Waals surface area contributed by atoms with Gasteiger partial charge in [0.25, 0.3) is 15.9 Å². The number of hydrogen-bond donors (Lipinski definition) is 3. The van der Waals surface area contributed by atoms with Gasteiger partial charge < -0.3 is 15.2 Å². The van der Waals surface area contributed by atoms with Crippen LogP contribution in [0.3, 0.4) is 0 Å². The first-order valence-electron chi connectivity index (χ1n) is 7.40. The molecule has 0 aliphatic heterocycles. The maximum absolute atomic E-state index is 12.9. The van der Waals surface area contributed by atoms with E-state index in [1.54, 1.807) is 0 Å². The Morgan fingerprint density at radius 2 is 1.88 bits per heavy atom. The maximum Gasteiger partial charge on any atom is 0.261 e. The lowest BCUT2D eigenvalue weighted by Crippen LogP contribution is -2.31. The standard InChI is InChI=1S/C16H16ClFN2O5S/c17-14-9-13(5-6-15(14)25-10-16(22)19-7-8-21)26(23,24)20-12-3-1-11(18)2-4-12/h1-6,9,20-21H,7-8,10H2,(H,19,22). The molecule has 2 aromatic rings. The molecule has 1 amide bonds. The molecule has 7 nitrogen and oxygen atoms in total. The van der Waals surface area contributed by atoms with Crippen LogP contribution in [0.2, 0.25) is 5.02 Å². The van der Waals surface area contributed by atoms with Gasteiger partial charge in [0, 0.05) is 12.2 Å². The second-order valence-corrected chi connectivity index (χ2v) is 7.16. The van der Waals surface area contributed by atoms with Crippen LogP contribution in [0.5, 0.6) is 5.75 Å². The number of anilines is 1. The first kappa shape index (κ1) is 20.0. The number of aliphatic hydroxyl groups is 1. The van der Waals surface area contributed by atoms with Crippen molar-refractivity contribution < 1.29 is 27.4 Å². The van der Waals surface area contributed by atoms with E-state index in [0.717, 1.165) is 12.1 Å². The third-order valence-corrected chi connectivity index (χ3v) is 4.78. The van der Waals surface area contributed by atoms with Gasteiger partial charge >= 0.3 is 0 Å². The number of aliphatic hydroxyl groups excluding tert-OH is 1. The van der Waals surface area contributed by atoms with Crippen LogP contribution in [0.25, 0.3) is 0 Å². The van der Waals surface area contributed by atoms with Crippen molar-refractivity contribution in [2.75, 3.05) is 24.5 Å². The number of hydrogen-bond acceptors (Lipinski definition) is 5. The second-order valence-electron chi connectivity index (χ2n) is 5.07. The summed E-state index contributed by atoms with van der Waals surface area (Å²) in [5.41, 5.74) is 0.198. The SMILES string of the molecule is O=C(COc1ccc(S(=O)(=O)Nc2ccc(F)cc2)cc1Cl)NCCO. The zero-order chi connectivity index (χ0) is 19.2. The molecule has 0 aromatic heterocycles. The Kier molecular flexibility index (Phi) is 6.78. The fourth-order valence-corrected chi connectivity index (χ4v) is 3.27. The first-order chi connectivity index (χ1) is 12.3. The fourth-order valence-electron chi connectivity index (χ4n) is 1.89. The van der Waals surface area contributed by atoms with Gasteiger partial charge in [-0.2, -0.15) is 0 Å². The third kappa shape index (κ3) is 5.58. The van der Waals surface area contributed by atoms with Gasteiger partial charge in [0.2, 0.25) is 0 Å². The zero-order valence-electron chi connectivity index (χ0n) is 13.4. The number of ether oxygens (including phenoxy) is 1. The van der Waals surface area contributed by atoms with Crippen molar-refractivity contribution >= 4 is 33.2 Å². The molecule has 26 heavy (non-hydrogen) atoms. The Labute approximate surface area is 154 Å². The van der Waals surface area contributed by atoms with E-state index >= 15 is 0 Å². The molecule has 0 spiro atoms. The number of amides is 1. The average Bonchev–Trinajstić information content (AvgIpc) is 2.60. The van der Waals surface area contributed by atoms with Gasteiger partial charge in [-0.15, -0.1) is 0 Å². The Bertz CT molecular complexity index is 875. The molecule has 2 aromatic carbocycles. The molecular weight excluding hydrogens is 387 g/mol. The van der Waals surface area contributed by atoms with Crippen molar-refractivity contribution in [2.45, 2.75) is 4.90 Å². The lowest BCUT2D eigenvalue weighted by atomic mass is 10.3. The van der Waals surface area contributed by atoms with E-state index in [1.165, 1.54) is 30.3 Å². The van der Waals surface area contributed by atoms with Crippen molar-refractivity contribution in [3.8, 4) is 5.75 Å². The molecule has 3 N–H and O–H groups in total. The van der Waals surface area contributed by atoms with E-state index in [0.29, 0.717) is 0 Å². The number of rotatable bonds is 8. The van der Waals surface area contributed by atoms with E-state index < -0.39 is 21.7 Å². The highest BCUT2D eigenvalue weighted by Gasteiger charge is 2.17. The summed E-state index contributed by atoms with van der Waals surface area (Å²) >= 11 is 6.01. The highest BCUT2D eigenvalue weighted by molar-refractivity contribution is 7.92. The van der Waals surface area contributed by atoms with Crippen LogP contribution in [-0.2, 0) is 14.8 Å². The molecule has 0 bridgehead atoms. The maximum atomic E-state index is 12.9. The average molecular weight is 403 g/mol. The van der Waals surface area contributed by atoms with E-state index in [9.17, 15) is 17.6 Å². The molecule has 140 valence electrons. The van der Waals surface area contributed by atoms with Crippen LogP contribution in [0.15, 0.2) is 47.4 Å². The zero-order valence-corrected chi connectivity index (χ0v) is 15.0. The summed E-state index contributed by atoms with van der Waals surface area (Å²) in [5, 5.41) is 11.0. The number of sulfonamides is 1. The predicted molar refractivity (Wildman–Crippen MR) is 94.3 cm³/mol. The summed E-state index contributed by atoms with van der Waals surface area (Å²) in [7, 11) is -3.93. The summed E-state index contributed by atoms with van der Waals surface area (Å²) in [6.45, 7) is -0.429. The monoisotopic (exact) mass is 402 g/mol. The summed E-state index contributed by atoms with van der Waals surface area (Å²) < 4.78 is 45.1. The largest absolute Gasteiger partial charge is 0.482 e. The van der Waals surface area contributed by atoms with E-state index in [-0.39, 0.29) is 41.1 Å². The van der Waals surface area contributed by atoms with Gasteiger partial charge in [-0.25, -0.2) is 12.8 Å². The number of halogens is 2. The van der Waals surface area contributed by atoms with Crippen LogP contribution in [0.4, 0.5) is 10.1 Å². The van der Waals surface area contributed by atoms with Crippen LogP contribution in [0, 0.1) is 5.82 Å². The van der Waals surface area contributed by atoms with E-state index in [4.69, 9.17) is 21.4 Å². The molecule has 0 aliphatic carbocycles. The smallest absolute Gasteiger partial charge is 0.261 e. The molecule has 0 fully saturated rings. The molecule has 0 atom stereocenters. The molecule has 0 radical (unpaired) electrons. The second kappa shape index (κ2) is 8.84. The lowest BCUT2D eigenvalue weighted by molar-refractivity contribution is -0.123. The van der Waals surface area contributed by atoms with Gasteiger partial charge in [-0.1, -0.05) is 11.6 Å². The quantitative estimate of drug-likeness (QED) is 0.624. The molecular formula is C16H16ClFN2O5S.